The number of nitro groups is 1. The zero-order valence-electron chi connectivity index (χ0n) is 10.9. The lowest BCUT2D eigenvalue weighted by Gasteiger charge is -2.11. The van der Waals surface area contributed by atoms with Gasteiger partial charge in [0, 0.05) is 25.2 Å². The zero-order valence-corrected chi connectivity index (χ0v) is 10.9. The van der Waals surface area contributed by atoms with Crippen LogP contribution in [0.25, 0.3) is 6.08 Å². The Hall–Kier alpha value is -2.74. The van der Waals surface area contributed by atoms with Crippen LogP contribution in [0, 0.1) is 10.1 Å². The van der Waals surface area contributed by atoms with Crippen molar-refractivity contribution in [2.75, 3.05) is 6.61 Å². The van der Waals surface area contributed by atoms with Crippen LogP contribution in [0.3, 0.4) is 0 Å². The molecule has 8 nitrogen and oxygen atoms in total. The molecule has 0 aromatic heterocycles. The number of aliphatic carboxylic acids is 1. The van der Waals surface area contributed by atoms with Gasteiger partial charge < -0.3 is 15.5 Å². The monoisotopic (exact) mass is 294 g/mol. The van der Waals surface area contributed by atoms with Crippen molar-refractivity contribution < 1.29 is 24.7 Å². The van der Waals surface area contributed by atoms with E-state index in [2.05, 4.69) is 5.32 Å². The third-order valence-corrected chi connectivity index (χ3v) is 2.58. The molecule has 3 N–H and O–H groups in total. The SMILES string of the molecule is O=C(/C=C/c1ccccc1[N+](=O)[O-])NC(CCO)C(=O)O. The quantitative estimate of drug-likeness (QED) is 0.382. The number of hydrogen-bond acceptors (Lipinski definition) is 5. The summed E-state index contributed by atoms with van der Waals surface area (Å²) < 4.78 is 0. The van der Waals surface area contributed by atoms with Crippen molar-refractivity contribution in [2.45, 2.75) is 12.5 Å². The maximum atomic E-state index is 11.6. The van der Waals surface area contributed by atoms with Gasteiger partial charge in [0.05, 0.1) is 10.5 Å². The second-order valence-electron chi connectivity index (χ2n) is 4.06. The molecule has 1 atom stereocenters. The molecule has 21 heavy (non-hydrogen) atoms. The molecule has 0 saturated carbocycles. The normalized spacial score (nSPS) is 12.0. The zero-order chi connectivity index (χ0) is 15.8. The average molecular weight is 294 g/mol. The standard InChI is InChI=1S/C13H14N2O6/c16-8-7-10(13(18)19)14-12(17)6-5-9-3-1-2-4-11(9)15(20)21/h1-6,10,16H,7-8H2,(H,14,17)(H,18,19)/b6-5+. The maximum Gasteiger partial charge on any atom is 0.326 e. The number of hydrogen-bond donors (Lipinski definition) is 3. The fraction of sp³-hybridized carbons (Fsp3) is 0.231. The van der Waals surface area contributed by atoms with E-state index in [-0.39, 0.29) is 24.3 Å². The highest BCUT2D eigenvalue weighted by Gasteiger charge is 2.18. The lowest BCUT2D eigenvalue weighted by Crippen LogP contribution is -2.40. The van der Waals surface area contributed by atoms with Gasteiger partial charge in [-0.15, -0.1) is 0 Å². The van der Waals surface area contributed by atoms with Crippen LogP contribution in [-0.4, -0.2) is 39.7 Å². The number of rotatable bonds is 7. The Kier molecular flexibility index (Phi) is 6.02. The van der Waals surface area contributed by atoms with Crippen LogP contribution in [0.4, 0.5) is 5.69 Å². The number of para-hydroxylation sites is 1. The van der Waals surface area contributed by atoms with Crippen molar-refractivity contribution in [1.82, 2.24) is 5.32 Å². The number of carbonyl (C=O) groups is 2. The largest absolute Gasteiger partial charge is 0.480 e. The molecule has 1 rings (SSSR count). The van der Waals surface area contributed by atoms with Crippen LogP contribution < -0.4 is 5.32 Å². The second-order valence-corrected chi connectivity index (χ2v) is 4.06. The third kappa shape index (κ3) is 5.03. The van der Waals surface area contributed by atoms with Crippen LogP contribution in [-0.2, 0) is 9.59 Å². The predicted octanol–water partition coefficient (Wildman–Crippen LogP) is 0.560. The van der Waals surface area contributed by atoms with Crippen LogP contribution in [0.2, 0.25) is 0 Å². The molecular weight excluding hydrogens is 280 g/mol. The number of carboxylic acids is 1. The van der Waals surface area contributed by atoms with Crippen LogP contribution >= 0.6 is 0 Å². The van der Waals surface area contributed by atoms with Crippen molar-refractivity contribution >= 4 is 23.6 Å². The molecule has 0 heterocycles. The average Bonchev–Trinajstić information content (AvgIpc) is 2.44. The summed E-state index contributed by atoms with van der Waals surface area (Å²) in [5, 5.41) is 30.5. The molecule has 0 fully saturated rings. The van der Waals surface area contributed by atoms with Crippen LogP contribution in [0.15, 0.2) is 30.3 Å². The highest BCUT2D eigenvalue weighted by Crippen LogP contribution is 2.18. The Balaban J connectivity index is 2.79. The summed E-state index contributed by atoms with van der Waals surface area (Å²) in [6.07, 6.45) is 2.11. The van der Waals surface area contributed by atoms with Gasteiger partial charge in [-0.3, -0.25) is 14.9 Å². The van der Waals surface area contributed by atoms with Gasteiger partial charge in [-0.1, -0.05) is 12.1 Å². The first-order chi connectivity index (χ1) is 9.95. The highest BCUT2D eigenvalue weighted by atomic mass is 16.6. The van der Waals surface area contributed by atoms with Crippen LogP contribution in [0.1, 0.15) is 12.0 Å². The molecule has 1 aromatic rings. The van der Waals surface area contributed by atoms with Crippen molar-refractivity contribution in [3.63, 3.8) is 0 Å². The van der Waals surface area contributed by atoms with Gasteiger partial charge in [-0.05, 0) is 12.1 Å². The minimum Gasteiger partial charge on any atom is -0.480 e. The highest BCUT2D eigenvalue weighted by molar-refractivity contribution is 5.94. The molecule has 1 amide bonds. The molecule has 0 aliphatic heterocycles. The van der Waals surface area contributed by atoms with E-state index in [9.17, 15) is 19.7 Å². The fourth-order valence-corrected chi connectivity index (χ4v) is 1.57. The molecule has 1 unspecified atom stereocenters. The Morgan fingerprint density at radius 2 is 2.05 bits per heavy atom. The summed E-state index contributed by atoms with van der Waals surface area (Å²) >= 11 is 0. The van der Waals surface area contributed by atoms with Gasteiger partial charge >= 0.3 is 5.97 Å². The van der Waals surface area contributed by atoms with Crippen molar-refractivity contribution in [1.29, 1.82) is 0 Å². The number of aliphatic hydroxyl groups excluding tert-OH is 1. The number of nitro benzene ring substituents is 1. The predicted molar refractivity (Wildman–Crippen MR) is 73.4 cm³/mol. The first kappa shape index (κ1) is 16.3. The van der Waals surface area contributed by atoms with Crippen molar-refractivity contribution in [2.24, 2.45) is 0 Å². The van der Waals surface area contributed by atoms with E-state index in [0.717, 1.165) is 6.08 Å². The lowest BCUT2D eigenvalue weighted by molar-refractivity contribution is -0.385. The number of carboxylic acid groups (broad SMARTS) is 1. The second kappa shape index (κ2) is 7.75. The Labute approximate surface area is 119 Å². The summed E-state index contributed by atoms with van der Waals surface area (Å²) in [5.41, 5.74) is 0.0679. The molecule has 0 bridgehead atoms. The minimum atomic E-state index is -1.27. The van der Waals surface area contributed by atoms with Gasteiger partial charge in [0.25, 0.3) is 5.69 Å². The number of nitrogens with one attached hydrogen (secondary N) is 1. The van der Waals surface area contributed by atoms with Gasteiger partial charge in [0.2, 0.25) is 5.91 Å². The summed E-state index contributed by atoms with van der Waals surface area (Å²) in [5.74, 6) is -1.98. The van der Waals surface area contributed by atoms with Gasteiger partial charge in [0.15, 0.2) is 0 Å². The molecule has 0 saturated heterocycles. The smallest absolute Gasteiger partial charge is 0.326 e. The summed E-state index contributed by atoms with van der Waals surface area (Å²) in [4.78, 5) is 32.6. The molecule has 0 aliphatic carbocycles. The maximum absolute atomic E-state index is 11.6. The Morgan fingerprint density at radius 1 is 1.38 bits per heavy atom. The van der Waals surface area contributed by atoms with Gasteiger partial charge in [0.1, 0.15) is 6.04 Å². The first-order valence-corrected chi connectivity index (χ1v) is 6.01. The molecular formula is C13H14N2O6. The lowest BCUT2D eigenvalue weighted by atomic mass is 10.1. The fourth-order valence-electron chi connectivity index (χ4n) is 1.57. The van der Waals surface area contributed by atoms with Crippen LogP contribution in [0.5, 0.6) is 0 Å². The molecule has 1 aromatic carbocycles. The van der Waals surface area contributed by atoms with E-state index in [4.69, 9.17) is 10.2 Å². The van der Waals surface area contributed by atoms with E-state index in [0.29, 0.717) is 0 Å². The molecule has 0 aliphatic rings. The van der Waals surface area contributed by atoms with E-state index in [1.165, 1.54) is 24.3 Å². The number of benzene rings is 1. The van der Waals surface area contributed by atoms with E-state index >= 15 is 0 Å². The Morgan fingerprint density at radius 3 is 2.62 bits per heavy atom. The third-order valence-electron chi connectivity index (χ3n) is 2.58. The molecule has 0 spiro atoms. The number of amides is 1. The number of nitrogens with zero attached hydrogens (tertiary/aromatic N) is 1. The first-order valence-electron chi connectivity index (χ1n) is 6.01. The summed E-state index contributed by atoms with van der Waals surface area (Å²) in [7, 11) is 0. The Bertz CT molecular complexity index is 570. The topological polar surface area (TPSA) is 130 Å². The molecule has 0 radical (unpaired) electrons. The van der Waals surface area contributed by atoms with E-state index < -0.39 is 22.8 Å². The van der Waals surface area contributed by atoms with E-state index in [1.54, 1.807) is 6.07 Å². The van der Waals surface area contributed by atoms with Gasteiger partial charge in [-0.25, -0.2) is 4.79 Å². The van der Waals surface area contributed by atoms with Crippen molar-refractivity contribution in [3.05, 3.63) is 46.0 Å². The molecule has 8 heteroatoms. The van der Waals surface area contributed by atoms with Crippen molar-refractivity contribution in [3.8, 4) is 0 Å². The molecule has 112 valence electrons. The number of aliphatic hydroxyl groups is 1. The minimum absolute atomic E-state index is 0.125. The van der Waals surface area contributed by atoms with Gasteiger partial charge in [-0.2, -0.15) is 0 Å². The summed E-state index contributed by atoms with van der Waals surface area (Å²) in [6.45, 7) is -0.384. The number of carbonyl (C=O) groups excluding carboxylic acids is 1. The summed E-state index contributed by atoms with van der Waals surface area (Å²) in [6, 6.07) is 4.62. The van der Waals surface area contributed by atoms with E-state index in [1.807, 2.05) is 0 Å².